The number of non-ortho nitro benzene ring substituents is 1. The molecule has 0 heterocycles. The number of thioether (sulfide) groups is 1. The van der Waals surface area contributed by atoms with Gasteiger partial charge in [0, 0.05) is 39.9 Å². The summed E-state index contributed by atoms with van der Waals surface area (Å²) >= 11 is 5.28. The maximum atomic E-state index is 12.6. The molecule has 2 aliphatic rings. The highest BCUT2D eigenvalue weighted by molar-refractivity contribution is 9.09. The van der Waals surface area contributed by atoms with Crippen LogP contribution in [0.15, 0.2) is 29.2 Å². The van der Waals surface area contributed by atoms with Crippen LogP contribution in [0.3, 0.4) is 0 Å². The van der Waals surface area contributed by atoms with E-state index in [1.807, 2.05) is 0 Å². The zero-order valence-electron chi connectivity index (χ0n) is 12.4. The normalized spacial score (nSPS) is 33.4. The first-order valence-electron chi connectivity index (χ1n) is 7.39. The molecule has 1 aromatic rings. The topological polar surface area (TPSA) is 60.2 Å². The molecule has 0 spiro atoms. The van der Waals surface area contributed by atoms with Crippen LogP contribution in [0.1, 0.15) is 26.2 Å². The molecule has 3 atom stereocenters. The SMILES string of the molecule is CC1(CBr)[C@@H]2CC[C@@]1(CSc1ccc([N+](=O)[O-])cc1)C(=O)C2. The van der Waals surface area contributed by atoms with Gasteiger partial charge in [-0.3, -0.25) is 14.9 Å². The van der Waals surface area contributed by atoms with Gasteiger partial charge in [-0.05, 0) is 36.3 Å². The minimum absolute atomic E-state index is 0.0395. The van der Waals surface area contributed by atoms with Crippen molar-refractivity contribution in [3.8, 4) is 0 Å². The fourth-order valence-electron chi connectivity index (χ4n) is 4.05. The number of rotatable bonds is 5. The van der Waals surface area contributed by atoms with Crippen molar-refractivity contribution in [3.63, 3.8) is 0 Å². The van der Waals surface area contributed by atoms with Crippen LogP contribution in [-0.2, 0) is 4.79 Å². The Hall–Kier alpha value is -0.880. The highest BCUT2D eigenvalue weighted by Crippen LogP contribution is 2.65. The average molecular weight is 384 g/mol. The maximum absolute atomic E-state index is 12.6. The number of nitrogens with zero attached hydrogens (tertiary/aromatic N) is 1. The molecule has 1 aromatic carbocycles. The molecule has 1 unspecified atom stereocenters. The van der Waals surface area contributed by atoms with Crippen molar-refractivity contribution >= 4 is 39.2 Å². The summed E-state index contributed by atoms with van der Waals surface area (Å²) < 4.78 is 0. The van der Waals surface area contributed by atoms with Gasteiger partial charge < -0.3 is 0 Å². The minimum atomic E-state index is -0.392. The van der Waals surface area contributed by atoms with Crippen molar-refractivity contribution in [3.05, 3.63) is 34.4 Å². The van der Waals surface area contributed by atoms with Crippen molar-refractivity contribution in [2.24, 2.45) is 16.7 Å². The molecule has 0 aliphatic heterocycles. The molecule has 0 N–H and O–H groups in total. The molecule has 22 heavy (non-hydrogen) atoms. The van der Waals surface area contributed by atoms with Crippen molar-refractivity contribution in [2.45, 2.75) is 31.1 Å². The Morgan fingerprint density at radius 2 is 2.09 bits per heavy atom. The van der Waals surface area contributed by atoms with Crippen molar-refractivity contribution in [1.29, 1.82) is 0 Å². The van der Waals surface area contributed by atoms with E-state index in [2.05, 4.69) is 22.9 Å². The number of nitro groups is 1. The Bertz CT molecular complexity index is 620. The van der Waals surface area contributed by atoms with Crippen molar-refractivity contribution in [1.82, 2.24) is 0 Å². The highest BCUT2D eigenvalue weighted by atomic mass is 79.9. The largest absolute Gasteiger partial charge is 0.299 e. The van der Waals surface area contributed by atoms with Crippen LogP contribution >= 0.6 is 27.7 Å². The van der Waals surface area contributed by atoms with Crippen molar-refractivity contribution in [2.75, 3.05) is 11.1 Å². The molecule has 0 saturated heterocycles. The fourth-order valence-corrected chi connectivity index (χ4v) is 6.42. The van der Waals surface area contributed by atoms with Gasteiger partial charge in [-0.1, -0.05) is 22.9 Å². The maximum Gasteiger partial charge on any atom is 0.269 e. The number of hydrogen-bond acceptors (Lipinski definition) is 4. The van der Waals surface area contributed by atoms with E-state index in [4.69, 9.17) is 0 Å². The number of fused-ring (bicyclic) bond motifs is 2. The van der Waals surface area contributed by atoms with E-state index in [1.165, 1.54) is 12.1 Å². The Kier molecular flexibility index (Phi) is 4.10. The lowest BCUT2D eigenvalue weighted by molar-refractivity contribution is -0.384. The lowest BCUT2D eigenvalue weighted by Crippen LogP contribution is -2.41. The summed E-state index contributed by atoms with van der Waals surface area (Å²) in [5.74, 6) is 1.67. The van der Waals surface area contributed by atoms with Crippen LogP contribution in [0.25, 0.3) is 0 Å². The second-order valence-corrected chi connectivity index (χ2v) is 8.15. The summed E-state index contributed by atoms with van der Waals surface area (Å²) in [4.78, 5) is 23.9. The Labute approximate surface area is 142 Å². The van der Waals surface area contributed by atoms with Gasteiger partial charge in [0.1, 0.15) is 5.78 Å². The van der Waals surface area contributed by atoms with Crippen LogP contribution in [0.2, 0.25) is 0 Å². The summed E-state index contributed by atoms with van der Waals surface area (Å²) in [5, 5.41) is 11.6. The molecule has 118 valence electrons. The van der Waals surface area contributed by atoms with Gasteiger partial charge in [0.15, 0.2) is 0 Å². The lowest BCUT2D eigenvalue weighted by atomic mass is 9.70. The van der Waals surface area contributed by atoms with Gasteiger partial charge in [0.25, 0.3) is 5.69 Å². The first-order chi connectivity index (χ1) is 10.4. The number of carbonyl (C=O) groups is 1. The first-order valence-corrected chi connectivity index (χ1v) is 9.50. The second kappa shape index (κ2) is 5.64. The molecule has 2 aliphatic carbocycles. The predicted octanol–water partition coefficient (Wildman–Crippen LogP) is 4.46. The number of hydrogen-bond donors (Lipinski definition) is 0. The van der Waals surface area contributed by atoms with E-state index in [0.717, 1.165) is 28.8 Å². The number of nitro benzene ring substituents is 1. The number of Topliss-reactive ketones (excluding diaryl/α,β-unsaturated/α-hetero) is 1. The summed E-state index contributed by atoms with van der Waals surface area (Å²) in [6, 6.07) is 6.60. The fraction of sp³-hybridized carbons (Fsp3) is 0.562. The average Bonchev–Trinajstić information content (AvgIpc) is 2.91. The third-order valence-corrected chi connectivity index (χ3v) is 8.10. The van der Waals surface area contributed by atoms with Crippen LogP contribution in [0.5, 0.6) is 0 Å². The monoisotopic (exact) mass is 383 g/mol. The number of ketones is 1. The molecule has 0 radical (unpaired) electrons. The molecular formula is C16H18BrNO3S. The molecule has 2 fully saturated rings. The van der Waals surface area contributed by atoms with E-state index in [0.29, 0.717) is 18.1 Å². The first kappa shape index (κ1) is 16.0. The van der Waals surface area contributed by atoms with Gasteiger partial charge in [0.05, 0.1) is 4.92 Å². The van der Waals surface area contributed by atoms with Gasteiger partial charge in [-0.2, -0.15) is 0 Å². The van der Waals surface area contributed by atoms with E-state index in [9.17, 15) is 14.9 Å². The van der Waals surface area contributed by atoms with Gasteiger partial charge in [-0.15, -0.1) is 11.8 Å². The Morgan fingerprint density at radius 3 is 2.64 bits per heavy atom. The van der Waals surface area contributed by atoms with Gasteiger partial charge >= 0.3 is 0 Å². The van der Waals surface area contributed by atoms with E-state index < -0.39 is 4.92 Å². The van der Waals surface area contributed by atoms with E-state index >= 15 is 0 Å². The minimum Gasteiger partial charge on any atom is -0.299 e. The third-order valence-electron chi connectivity index (χ3n) is 5.69. The van der Waals surface area contributed by atoms with E-state index in [-0.39, 0.29) is 16.5 Å². The molecule has 3 rings (SSSR count). The number of carbonyl (C=O) groups excluding carboxylic acids is 1. The molecule has 6 heteroatoms. The molecule has 2 bridgehead atoms. The molecule has 0 amide bonds. The van der Waals surface area contributed by atoms with Gasteiger partial charge in [0.2, 0.25) is 0 Å². The summed E-state index contributed by atoms with van der Waals surface area (Å²) in [6.07, 6.45) is 2.82. The quantitative estimate of drug-likeness (QED) is 0.326. The number of alkyl halides is 1. The van der Waals surface area contributed by atoms with Crippen molar-refractivity contribution < 1.29 is 9.72 Å². The highest BCUT2D eigenvalue weighted by Gasteiger charge is 2.65. The van der Waals surface area contributed by atoms with Gasteiger partial charge in [-0.25, -0.2) is 0 Å². The summed E-state index contributed by atoms with van der Waals surface area (Å²) in [7, 11) is 0. The van der Waals surface area contributed by atoms with Crippen LogP contribution < -0.4 is 0 Å². The molecular weight excluding hydrogens is 366 g/mol. The van der Waals surface area contributed by atoms with E-state index in [1.54, 1.807) is 23.9 Å². The Morgan fingerprint density at radius 1 is 1.41 bits per heavy atom. The van der Waals surface area contributed by atoms with Crippen LogP contribution in [0, 0.1) is 26.9 Å². The lowest BCUT2D eigenvalue weighted by Gasteiger charge is -2.38. The summed E-state index contributed by atoms with van der Waals surface area (Å²) in [6.45, 7) is 2.24. The summed E-state index contributed by atoms with van der Waals surface area (Å²) in [5.41, 5.74) is -0.100. The molecule has 2 saturated carbocycles. The smallest absolute Gasteiger partial charge is 0.269 e. The standard InChI is InChI=1S/C16H18BrNO3S/c1-15(9-17)11-6-7-16(15,14(19)8-11)10-22-13-4-2-12(3-5-13)18(20)21/h2-5,11H,6-10H2,1H3/t11-,15?,16-/m1/s1. The predicted molar refractivity (Wildman–Crippen MR) is 90.5 cm³/mol. The number of benzene rings is 1. The van der Waals surface area contributed by atoms with Crippen LogP contribution in [0.4, 0.5) is 5.69 Å². The second-order valence-electron chi connectivity index (χ2n) is 6.54. The zero-order chi connectivity index (χ0) is 16.0. The molecule has 0 aromatic heterocycles. The Balaban J connectivity index is 1.77. The number of halogens is 1. The van der Waals surface area contributed by atoms with Crippen LogP contribution in [-0.4, -0.2) is 21.8 Å². The third kappa shape index (κ3) is 2.22. The zero-order valence-corrected chi connectivity index (χ0v) is 14.8. The molecule has 4 nitrogen and oxygen atoms in total.